The van der Waals surface area contributed by atoms with Crippen molar-refractivity contribution in [2.75, 3.05) is 18.4 Å². The van der Waals surface area contributed by atoms with E-state index in [4.69, 9.17) is 11.6 Å². The fourth-order valence-electron chi connectivity index (χ4n) is 2.31. The molecule has 24 heavy (non-hydrogen) atoms. The van der Waals surface area contributed by atoms with Crippen molar-refractivity contribution < 1.29 is 9.59 Å². The Balaban J connectivity index is 2.23. The summed E-state index contributed by atoms with van der Waals surface area (Å²) in [6.07, 6.45) is 1.47. The van der Waals surface area contributed by atoms with Gasteiger partial charge in [-0.15, -0.1) is 0 Å². The van der Waals surface area contributed by atoms with Gasteiger partial charge in [0.05, 0.1) is 0 Å². The lowest BCUT2D eigenvalue weighted by atomic mass is 10.1. The molecule has 0 unspecified atom stereocenters. The van der Waals surface area contributed by atoms with E-state index in [1.165, 1.54) is 12.3 Å². The first-order valence-corrected chi connectivity index (χ1v) is 8.17. The number of nitrogens with one attached hydrogen (secondary N) is 1. The molecule has 0 aliphatic heterocycles. The molecule has 2 rings (SSSR count). The third-order valence-electron chi connectivity index (χ3n) is 3.81. The van der Waals surface area contributed by atoms with E-state index >= 15 is 0 Å². The molecule has 0 radical (unpaired) electrons. The van der Waals surface area contributed by atoms with Crippen molar-refractivity contribution in [3.05, 3.63) is 58.4 Å². The molecule has 2 amide bonds. The summed E-state index contributed by atoms with van der Waals surface area (Å²) in [6, 6.07) is 8.41. The highest BCUT2D eigenvalue weighted by Gasteiger charge is 2.16. The van der Waals surface area contributed by atoms with Crippen LogP contribution in [-0.4, -0.2) is 34.8 Å². The van der Waals surface area contributed by atoms with Crippen molar-refractivity contribution in [2.45, 2.75) is 20.8 Å². The van der Waals surface area contributed by atoms with Gasteiger partial charge in [-0.1, -0.05) is 17.7 Å². The average Bonchev–Trinajstić information content (AvgIpc) is 2.60. The largest absolute Gasteiger partial charge is 0.339 e. The maximum Gasteiger partial charge on any atom is 0.274 e. The molecule has 1 aromatic carbocycles. The van der Waals surface area contributed by atoms with E-state index in [1.807, 2.05) is 20.8 Å². The summed E-state index contributed by atoms with van der Waals surface area (Å²) >= 11 is 6.06. The molecule has 0 aliphatic rings. The Morgan fingerprint density at radius 2 is 1.92 bits per heavy atom. The van der Waals surface area contributed by atoms with Gasteiger partial charge in [-0.3, -0.25) is 14.6 Å². The van der Waals surface area contributed by atoms with Gasteiger partial charge in [-0.2, -0.15) is 0 Å². The van der Waals surface area contributed by atoms with Gasteiger partial charge in [0.2, 0.25) is 0 Å². The molecular formula is C18H20ClN3O2. The van der Waals surface area contributed by atoms with Gasteiger partial charge in [0.25, 0.3) is 11.8 Å². The van der Waals surface area contributed by atoms with Crippen molar-refractivity contribution in [2.24, 2.45) is 0 Å². The zero-order valence-electron chi connectivity index (χ0n) is 14.0. The third-order valence-corrected chi connectivity index (χ3v) is 4.22. The number of amides is 2. The second kappa shape index (κ2) is 7.93. The van der Waals surface area contributed by atoms with Crippen LogP contribution >= 0.6 is 11.6 Å². The number of aromatic nitrogens is 1. The lowest BCUT2D eigenvalue weighted by molar-refractivity contribution is 0.0773. The number of benzene rings is 1. The Morgan fingerprint density at radius 1 is 1.21 bits per heavy atom. The van der Waals surface area contributed by atoms with Gasteiger partial charge in [0.15, 0.2) is 0 Å². The van der Waals surface area contributed by atoms with Crippen molar-refractivity contribution in [3.8, 4) is 0 Å². The predicted octanol–water partition coefficient (Wildman–Crippen LogP) is 3.78. The molecule has 0 bridgehead atoms. The third kappa shape index (κ3) is 3.92. The fourth-order valence-corrected chi connectivity index (χ4v) is 2.48. The van der Waals surface area contributed by atoms with Gasteiger partial charge in [-0.25, -0.2) is 0 Å². The van der Waals surface area contributed by atoms with Crippen LogP contribution in [0.5, 0.6) is 0 Å². The molecular weight excluding hydrogens is 326 g/mol. The normalized spacial score (nSPS) is 10.3. The van der Waals surface area contributed by atoms with Gasteiger partial charge >= 0.3 is 0 Å². The molecule has 5 nitrogen and oxygen atoms in total. The monoisotopic (exact) mass is 345 g/mol. The van der Waals surface area contributed by atoms with Crippen LogP contribution in [0.4, 0.5) is 5.69 Å². The first-order valence-electron chi connectivity index (χ1n) is 7.79. The first kappa shape index (κ1) is 17.9. The zero-order valence-corrected chi connectivity index (χ0v) is 14.7. The zero-order chi connectivity index (χ0) is 17.7. The van der Waals surface area contributed by atoms with Crippen LogP contribution < -0.4 is 5.32 Å². The summed E-state index contributed by atoms with van der Waals surface area (Å²) in [6.45, 7) is 6.88. The molecule has 1 N–H and O–H groups in total. The minimum absolute atomic E-state index is 0.115. The van der Waals surface area contributed by atoms with E-state index in [1.54, 1.807) is 29.2 Å². The van der Waals surface area contributed by atoms with Crippen molar-refractivity contribution >= 4 is 29.1 Å². The number of carbonyl (C=O) groups excluding carboxylic acids is 2. The predicted molar refractivity (Wildman–Crippen MR) is 95.6 cm³/mol. The first-order chi connectivity index (χ1) is 11.5. The second-order valence-corrected chi connectivity index (χ2v) is 5.68. The number of hydrogen-bond acceptors (Lipinski definition) is 3. The van der Waals surface area contributed by atoms with E-state index in [2.05, 4.69) is 10.3 Å². The van der Waals surface area contributed by atoms with E-state index < -0.39 is 0 Å². The maximum atomic E-state index is 12.4. The van der Waals surface area contributed by atoms with Crippen LogP contribution in [0.3, 0.4) is 0 Å². The van der Waals surface area contributed by atoms with Crippen molar-refractivity contribution in [3.63, 3.8) is 0 Å². The Hall–Kier alpha value is -2.40. The van der Waals surface area contributed by atoms with Crippen LogP contribution in [0.2, 0.25) is 5.02 Å². The lowest BCUT2D eigenvalue weighted by Crippen LogP contribution is -2.30. The SMILES string of the molecule is CCN(CC)C(=O)c1ccnc(C(=O)Nc2cccc(Cl)c2C)c1. The van der Waals surface area contributed by atoms with Crippen LogP contribution in [0.1, 0.15) is 40.3 Å². The molecule has 0 fully saturated rings. The highest BCUT2D eigenvalue weighted by molar-refractivity contribution is 6.31. The van der Waals surface area contributed by atoms with Crippen molar-refractivity contribution in [1.29, 1.82) is 0 Å². The Kier molecular flexibility index (Phi) is 5.93. The minimum Gasteiger partial charge on any atom is -0.339 e. The number of hydrogen-bond donors (Lipinski definition) is 1. The quantitative estimate of drug-likeness (QED) is 0.897. The molecule has 0 aliphatic carbocycles. The highest BCUT2D eigenvalue weighted by atomic mass is 35.5. The Bertz CT molecular complexity index is 758. The molecule has 0 saturated heterocycles. The summed E-state index contributed by atoms with van der Waals surface area (Å²) in [4.78, 5) is 30.6. The topological polar surface area (TPSA) is 62.3 Å². The molecule has 0 spiro atoms. The Labute approximate surface area is 146 Å². The fraction of sp³-hybridized carbons (Fsp3) is 0.278. The summed E-state index contributed by atoms with van der Waals surface area (Å²) in [5.74, 6) is -0.495. The molecule has 0 atom stereocenters. The molecule has 126 valence electrons. The smallest absolute Gasteiger partial charge is 0.274 e. The van der Waals surface area contributed by atoms with E-state index in [0.717, 1.165) is 5.56 Å². The molecule has 2 aromatic rings. The van der Waals surface area contributed by atoms with E-state index in [-0.39, 0.29) is 17.5 Å². The number of halogens is 1. The Morgan fingerprint density at radius 3 is 2.58 bits per heavy atom. The number of carbonyl (C=O) groups is 2. The summed E-state index contributed by atoms with van der Waals surface area (Å²) in [5.41, 5.74) is 2.03. The summed E-state index contributed by atoms with van der Waals surface area (Å²) < 4.78 is 0. The van der Waals surface area contributed by atoms with Crippen LogP contribution in [-0.2, 0) is 0 Å². The van der Waals surface area contributed by atoms with Crippen molar-refractivity contribution in [1.82, 2.24) is 9.88 Å². The molecule has 0 saturated carbocycles. The van der Waals surface area contributed by atoms with Gasteiger partial charge in [0, 0.05) is 35.6 Å². The van der Waals surface area contributed by atoms with Gasteiger partial charge in [-0.05, 0) is 50.6 Å². The van der Waals surface area contributed by atoms with E-state index in [9.17, 15) is 9.59 Å². The van der Waals surface area contributed by atoms with Crippen LogP contribution in [0, 0.1) is 6.92 Å². The standard InChI is InChI=1S/C18H20ClN3O2/c1-4-22(5-2)18(24)13-9-10-20-16(11-13)17(23)21-15-8-6-7-14(19)12(15)3/h6-11H,4-5H2,1-3H3,(H,21,23). The van der Waals surface area contributed by atoms with Crippen LogP contribution in [0.25, 0.3) is 0 Å². The molecule has 1 heterocycles. The van der Waals surface area contributed by atoms with Gasteiger partial charge < -0.3 is 10.2 Å². The van der Waals surface area contributed by atoms with E-state index in [0.29, 0.717) is 29.4 Å². The number of anilines is 1. The second-order valence-electron chi connectivity index (χ2n) is 5.27. The number of nitrogens with zero attached hydrogens (tertiary/aromatic N) is 2. The number of pyridine rings is 1. The summed E-state index contributed by atoms with van der Waals surface area (Å²) in [7, 11) is 0. The molecule has 6 heteroatoms. The minimum atomic E-state index is -0.380. The summed E-state index contributed by atoms with van der Waals surface area (Å²) in [5, 5.41) is 3.36. The highest BCUT2D eigenvalue weighted by Crippen LogP contribution is 2.23. The maximum absolute atomic E-state index is 12.4. The average molecular weight is 346 g/mol. The van der Waals surface area contributed by atoms with Crippen LogP contribution in [0.15, 0.2) is 36.5 Å². The van der Waals surface area contributed by atoms with Gasteiger partial charge in [0.1, 0.15) is 5.69 Å². The molecule has 1 aromatic heterocycles. The lowest BCUT2D eigenvalue weighted by Gasteiger charge is -2.18. The number of rotatable bonds is 5.